The summed E-state index contributed by atoms with van der Waals surface area (Å²) < 4.78 is 5.68. The zero-order chi connectivity index (χ0) is 26.9. The molecule has 2 amide bonds. The highest BCUT2D eigenvalue weighted by Gasteiger charge is 2.32. The van der Waals surface area contributed by atoms with Gasteiger partial charge < -0.3 is 19.5 Å². The Morgan fingerprint density at radius 3 is 2.58 bits per heavy atom. The molecule has 0 saturated carbocycles. The number of hydrogen-bond donors (Lipinski definition) is 1. The summed E-state index contributed by atoms with van der Waals surface area (Å²) >= 11 is 0. The summed E-state index contributed by atoms with van der Waals surface area (Å²) in [5.41, 5.74) is 5.72. The lowest BCUT2D eigenvalue weighted by Crippen LogP contribution is -2.38. The number of anilines is 1. The van der Waals surface area contributed by atoms with Crippen LogP contribution in [0.2, 0.25) is 0 Å². The van der Waals surface area contributed by atoms with E-state index >= 15 is 0 Å². The monoisotopic (exact) mass is 515 g/mol. The van der Waals surface area contributed by atoms with Crippen molar-refractivity contribution in [2.75, 3.05) is 24.5 Å². The highest BCUT2D eigenvalue weighted by atomic mass is 16.6. The number of benzene rings is 2. The molecule has 0 atom stereocenters. The lowest BCUT2D eigenvalue weighted by atomic mass is 9.94. The minimum absolute atomic E-state index is 0.127. The van der Waals surface area contributed by atoms with Crippen molar-refractivity contribution in [3.8, 4) is 0 Å². The third-order valence-corrected chi connectivity index (χ3v) is 7.43. The molecule has 2 aliphatic heterocycles. The van der Waals surface area contributed by atoms with Gasteiger partial charge in [-0.25, -0.2) is 4.79 Å². The van der Waals surface area contributed by atoms with Crippen molar-refractivity contribution in [3.63, 3.8) is 0 Å². The molecular formula is C31H37N3O4. The van der Waals surface area contributed by atoms with Crippen LogP contribution in [-0.4, -0.2) is 52.9 Å². The summed E-state index contributed by atoms with van der Waals surface area (Å²) in [6.07, 6.45) is 6.31. The van der Waals surface area contributed by atoms with Crippen LogP contribution in [0, 0.1) is 0 Å². The Hall–Kier alpha value is -3.61. The molecule has 38 heavy (non-hydrogen) atoms. The quantitative estimate of drug-likeness (QED) is 0.287. The normalized spacial score (nSPS) is 14.6. The molecule has 0 bridgehead atoms. The molecule has 2 aliphatic rings. The zero-order valence-electron chi connectivity index (χ0n) is 22.6. The number of H-pyrrole nitrogens is 1. The smallest absolute Gasteiger partial charge is 0.410 e. The number of aromatic amines is 1. The lowest BCUT2D eigenvalue weighted by molar-refractivity contribution is -0.118. The zero-order valence-corrected chi connectivity index (χ0v) is 22.6. The van der Waals surface area contributed by atoms with Crippen molar-refractivity contribution in [1.82, 2.24) is 9.88 Å². The van der Waals surface area contributed by atoms with E-state index < -0.39 is 5.60 Å². The van der Waals surface area contributed by atoms with E-state index in [2.05, 4.69) is 11.1 Å². The summed E-state index contributed by atoms with van der Waals surface area (Å²) in [5, 5.41) is 1.17. The van der Waals surface area contributed by atoms with Crippen molar-refractivity contribution in [3.05, 3.63) is 64.8 Å². The fraction of sp³-hybridized carbons (Fsp3) is 0.452. The Morgan fingerprint density at radius 2 is 1.79 bits per heavy atom. The number of aromatic nitrogens is 1. The average molecular weight is 516 g/mol. The second-order valence-corrected chi connectivity index (χ2v) is 11.4. The van der Waals surface area contributed by atoms with Crippen molar-refractivity contribution < 1.29 is 19.1 Å². The van der Waals surface area contributed by atoms with Crippen molar-refractivity contribution >= 4 is 34.4 Å². The third-order valence-electron chi connectivity index (χ3n) is 7.43. The van der Waals surface area contributed by atoms with Gasteiger partial charge in [0.2, 0.25) is 5.91 Å². The average Bonchev–Trinajstić information content (AvgIpc) is 3.50. The molecule has 0 aliphatic carbocycles. The van der Waals surface area contributed by atoms with Crippen LogP contribution in [0.15, 0.2) is 42.6 Å². The van der Waals surface area contributed by atoms with Gasteiger partial charge in [-0.05, 0) is 87.8 Å². The highest BCUT2D eigenvalue weighted by molar-refractivity contribution is 6.02. The number of unbranched alkanes of at least 4 members (excludes halogenated alkanes) is 1. The highest BCUT2D eigenvalue weighted by Crippen LogP contribution is 2.37. The van der Waals surface area contributed by atoms with Gasteiger partial charge in [-0.1, -0.05) is 18.2 Å². The summed E-state index contributed by atoms with van der Waals surface area (Å²) in [7, 11) is 0. The Labute approximate surface area is 224 Å². The molecule has 1 aromatic heterocycles. The van der Waals surface area contributed by atoms with Crippen molar-refractivity contribution in [2.24, 2.45) is 0 Å². The molecule has 7 heteroatoms. The number of para-hydroxylation sites is 1. The number of ether oxygens (including phenoxy) is 1. The largest absolute Gasteiger partial charge is 0.444 e. The molecule has 0 radical (unpaired) electrons. The Bertz CT molecular complexity index is 1370. The third kappa shape index (κ3) is 5.62. The second kappa shape index (κ2) is 10.6. The number of nitrogens with one attached hydrogen (secondary N) is 1. The maximum Gasteiger partial charge on any atom is 0.410 e. The predicted molar refractivity (Wildman–Crippen MR) is 149 cm³/mol. The van der Waals surface area contributed by atoms with Crippen LogP contribution in [0.1, 0.15) is 73.5 Å². The summed E-state index contributed by atoms with van der Waals surface area (Å²) in [4.78, 5) is 45.2. The molecule has 0 saturated heterocycles. The van der Waals surface area contributed by atoms with E-state index in [1.54, 1.807) is 4.90 Å². The van der Waals surface area contributed by atoms with Gasteiger partial charge in [0.1, 0.15) is 5.60 Å². The Kier molecular flexibility index (Phi) is 7.28. The molecule has 200 valence electrons. The number of carbonyl (C=O) groups excluding carboxylic acids is 3. The van der Waals surface area contributed by atoms with Gasteiger partial charge in [0.05, 0.1) is 5.69 Å². The van der Waals surface area contributed by atoms with Crippen LogP contribution in [-0.2, 0) is 28.8 Å². The number of fused-ring (bicyclic) bond motifs is 1. The number of Topliss-reactive ketones (excluding diaryl/α,β-unsaturated/α-hetero) is 1. The standard InChI is InChI=1S/C31H37N3O4/c1-31(2,3)38-30(37)33(16-13-23-20-32-26-9-5-4-8-25(23)26)15-7-6-10-27(35)24-18-21-11-12-28(36)34-17-14-22(19-24)29(21)34/h4-5,8-9,18-20,32H,6-7,10-17H2,1-3H3. The van der Waals surface area contributed by atoms with Crippen molar-refractivity contribution in [2.45, 2.75) is 71.3 Å². The Morgan fingerprint density at radius 1 is 1.03 bits per heavy atom. The number of rotatable bonds is 9. The van der Waals surface area contributed by atoms with Gasteiger partial charge in [-0.15, -0.1) is 0 Å². The molecule has 5 rings (SSSR count). The van der Waals surface area contributed by atoms with E-state index in [1.807, 2.05) is 62.2 Å². The van der Waals surface area contributed by atoms with Gasteiger partial charge in [-0.2, -0.15) is 0 Å². The van der Waals surface area contributed by atoms with Crippen molar-refractivity contribution in [1.29, 1.82) is 0 Å². The lowest BCUT2D eigenvalue weighted by Gasteiger charge is -2.27. The molecule has 0 spiro atoms. The fourth-order valence-corrected chi connectivity index (χ4v) is 5.57. The van der Waals surface area contributed by atoms with E-state index in [1.165, 1.54) is 10.9 Å². The van der Waals surface area contributed by atoms with Crippen LogP contribution >= 0.6 is 0 Å². The van der Waals surface area contributed by atoms with E-state index in [9.17, 15) is 14.4 Å². The summed E-state index contributed by atoms with van der Waals surface area (Å²) in [5.74, 6) is 0.316. The molecule has 3 heterocycles. The number of amides is 2. The van der Waals surface area contributed by atoms with Gasteiger partial charge in [-0.3, -0.25) is 9.59 Å². The van der Waals surface area contributed by atoms with Gasteiger partial charge in [0, 0.05) is 55.1 Å². The first-order valence-corrected chi connectivity index (χ1v) is 13.7. The topological polar surface area (TPSA) is 82.7 Å². The van der Waals surface area contributed by atoms with E-state index in [0.29, 0.717) is 38.8 Å². The SMILES string of the molecule is CC(C)(C)OC(=O)N(CCCCC(=O)c1cc2c3c(c1)CCN3C(=O)CC2)CCc1c[nH]c2ccccc12. The second-order valence-electron chi connectivity index (χ2n) is 11.4. The molecule has 0 unspecified atom stereocenters. The number of ketones is 1. The molecule has 2 aromatic carbocycles. The van der Waals surface area contributed by atoms with E-state index in [-0.39, 0.29) is 17.8 Å². The first-order valence-electron chi connectivity index (χ1n) is 13.7. The van der Waals surface area contributed by atoms with Crippen LogP contribution in [0.5, 0.6) is 0 Å². The number of aryl methyl sites for hydroxylation is 1. The van der Waals surface area contributed by atoms with Crippen LogP contribution < -0.4 is 4.90 Å². The van der Waals surface area contributed by atoms with E-state index in [4.69, 9.17) is 4.74 Å². The first-order chi connectivity index (χ1) is 18.2. The molecular weight excluding hydrogens is 478 g/mol. The van der Waals surface area contributed by atoms with Gasteiger partial charge in [0.25, 0.3) is 0 Å². The van der Waals surface area contributed by atoms with Crippen LogP contribution in [0.4, 0.5) is 10.5 Å². The van der Waals surface area contributed by atoms with Crippen LogP contribution in [0.3, 0.4) is 0 Å². The maximum absolute atomic E-state index is 13.1. The minimum atomic E-state index is -0.569. The van der Waals surface area contributed by atoms with Gasteiger partial charge in [0.15, 0.2) is 5.78 Å². The molecule has 1 N–H and O–H groups in total. The molecule has 3 aromatic rings. The van der Waals surface area contributed by atoms with Crippen LogP contribution in [0.25, 0.3) is 10.9 Å². The fourth-order valence-electron chi connectivity index (χ4n) is 5.57. The predicted octanol–water partition coefficient (Wildman–Crippen LogP) is 5.84. The molecule has 0 fully saturated rings. The van der Waals surface area contributed by atoms with E-state index in [0.717, 1.165) is 53.7 Å². The number of carbonyl (C=O) groups is 3. The minimum Gasteiger partial charge on any atom is -0.444 e. The maximum atomic E-state index is 13.1. The number of nitrogens with zero attached hydrogens (tertiary/aromatic N) is 2. The number of hydrogen-bond acceptors (Lipinski definition) is 4. The summed E-state index contributed by atoms with van der Waals surface area (Å²) in [6.45, 7) is 7.43. The van der Waals surface area contributed by atoms with Gasteiger partial charge >= 0.3 is 6.09 Å². The Balaban J connectivity index is 1.18. The molecule has 7 nitrogen and oxygen atoms in total. The first kappa shape index (κ1) is 26.0. The summed E-state index contributed by atoms with van der Waals surface area (Å²) in [6, 6.07) is 12.1.